The molecule has 0 bridgehead atoms. The van der Waals surface area contributed by atoms with Crippen LogP contribution in [0.25, 0.3) is 16.6 Å². The number of rotatable bonds is 10. The molecule has 34 heavy (non-hydrogen) atoms. The Labute approximate surface area is 205 Å². The zero-order valence-corrected chi connectivity index (χ0v) is 21.3. The summed E-state index contributed by atoms with van der Waals surface area (Å²) >= 11 is 0. The Morgan fingerprint density at radius 3 is 2.47 bits per heavy atom. The molecule has 4 heteroatoms. The molecular weight excluding hydrogens is 416 g/mol. The fraction of sp³-hybridized carbons (Fsp3) is 0.467. The van der Waals surface area contributed by atoms with Gasteiger partial charge in [0.15, 0.2) is 0 Å². The molecule has 1 atom stereocenters. The Balaban J connectivity index is 1.61. The third kappa shape index (κ3) is 5.56. The van der Waals surface area contributed by atoms with Gasteiger partial charge in [-0.2, -0.15) is 0 Å². The van der Waals surface area contributed by atoms with Gasteiger partial charge in [0.05, 0.1) is 0 Å². The van der Waals surface area contributed by atoms with Crippen LogP contribution in [0.15, 0.2) is 55.1 Å². The van der Waals surface area contributed by atoms with Gasteiger partial charge in [-0.15, -0.1) is 0 Å². The van der Waals surface area contributed by atoms with Crippen LogP contribution >= 0.6 is 0 Å². The van der Waals surface area contributed by atoms with Crippen LogP contribution in [0.3, 0.4) is 0 Å². The summed E-state index contributed by atoms with van der Waals surface area (Å²) in [6.45, 7) is 13.0. The van der Waals surface area contributed by atoms with Crippen molar-refractivity contribution in [3.63, 3.8) is 0 Å². The van der Waals surface area contributed by atoms with E-state index in [1.165, 1.54) is 53.7 Å². The van der Waals surface area contributed by atoms with Crippen molar-refractivity contribution >= 4 is 16.6 Å². The lowest BCUT2D eigenvalue weighted by molar-refractivity contribution is 0.168. The van der Waals surface area contributed by atoms with E-state index < -0.39 is 0 Å². The van der Waals surface area contributed by atoms with Crippen LogP contribution in [-0.4, -0.2) is 42.2 Å². The highest BCUT2D eigenvalue weighted by Crippen LogP contribution is 2.32. The molecule has 2 aromatic carbocycles. The van der Waals surface area contributed by atoms with Gasteiger partial charge in [-0.05, 0) is 74.4 Å². The Morgan fingerprint density at radius 2 is 1.82 bits per heavy atom. The average Bonchev–Trinajstić information content (AvgIpc) is 3.12. The third-order valence-corrected chi connectivity index (χ3v) is 7.36. The van der Waals surface area contributed by atoms with Crippen LogP contribution in [0.4, 0.5) is 0 Å². The molecule has 182 valence electrons. The number of aromatic nitrogens is 1. The molecule has 1 aliphatic heterocycles. The number of fused-ring (bicyclic) bond motifs is 1. The van der Waals surface area contributed by atoms with Gasteiger partial charge in [-0.3, -0.25) is 0 Å². The van der Waals surface area contributed by atoms with Gasteiger partial charge in [0, 0.05) is 48.5 Å². The summed E-state index contributed by atoms with van der Waals surface area (Å²) < 4.78 is 2.66. The summed E-state index contributed by atoms with van der Waals surface area (Å²) in [5.74, 6) is 0.732. The van der Waals surface area contributed by atoms with E-state index in [4.69, 9.17) is 5.73 Å². The van der Waals surface area contributed by atoms with Crippen LogP contribution in [0, 0.1) is 5.92 Å². The lowest BCUT2D eigenvalue weighted by Gasteiger charge is -2.33. The van der Waals surface area contributed by atoms with Crippen LogP contribution in [0.5, 0.6) is 0 Å². The van der Waals surface area contributed by atoms with Crippen molar-refractivity contribution in [1.82, 2.24) is 14.8 Å². The molecule has 0 radical (unpaired) electrons. The van der Waals surface area contributed by atoms with E-state index in [9.17, 15) is 0 Å². The fourth-order valence-electron chi connectivity index (χ4n) is 5.55. The maximum absolute atomic E-state index is 6.04. The molecule has 0 amide bonds. The van der Waals surface area contributed by atoms with E-state index in [0.29, 0.717) is 0 Å². The molecule has 1 fully saturated rings. The van der Waals surface area contributed by atoms with Crippen molar-refractivity contribution in [2.45, 2.75) is 58.5 Å². The Kier molecular flexibility index (Phi) is 8.12. The Hall–Kier alpha value is -2.56. The molecule has 0 spiro atoms. The summed E-state index contributed by atoms with van der Waals surface area (Å²) in [5, 5.41) is 4.57. The number of para-hydroxylation sites is 1. The molecule has 3 aromatic rings. The molecule has 0 saturated carbocycles. The van der Waals surface area contributed by atoms with Crippen LogP contribution in [-0.2, 0) is 19.4 Å². The first kappa shape index (κ1) is 24.6. The smallest absolute Gasteiger partial charge is 0.0485 e. The van der Waals surface area contributed by atoms with Crippen LogP contribution < -0.4 is 11.1 Å². The predicted molar refractivity (Wildman–Crippen MR) is 146 cm³/mol. The molecule has 4 rings (SSSR count). The number of nitrogens with two attached hydrogens (primary N) is 1. The normalized spacial score (nSPS) is 16.1. The minimum atomic E-state index is 0.258. The van der Waals surface area contributed by atoms with Gasteiger partial charge in [0.25, 0.3) is 0 Å². The van der Waals surface area contributed by atoms with Gasteiger partial charge in [-0.1, -0.05) is 62.4 Å². The van der Waals surface area contributed by atoms with Crippen LogP contribution in [0.1, 0.15) is 55.5 Å². The fourth-order valence-corrected chi connectivity index (χ4v) is 5.55. The predicted octanol–water partition coefficient (Wildman–Crippen LogP) is 5.43. The number of nitrogens with zero attached hydrogens (tertiary/aromatic N) is 2. The number of likely N-dealkylation sites (tertiary alicyclic amines) is 1. The van der Waals surface area contributed by atoms with E-state index in [-0.39, 0.29) is 6.04 Å². The minimum Gasteiger partial charge on any atom is -0.388 e. The summed E-state index contributed by atoms with van der Waals surface area (Å²) in [6.07, 6.45) is 5.79. The van der Waals surface area contributed by atoms with Crippen molar-refractivity contribution in [3.05, 3.63) is 77.5 Å². The Bertz CT molecular complexity index is 1080. The third-order valence-electron chi connectivity index (χ3n) is 7.36. The van der Waals surface area contributed by atoms with Gasteiger partial charge < -0.3 is 20.5 Å². The zero-order valence-electron chi connectivity index (χ0n) is 21.3. The molecule has 1 aromatic heterocycles. The van der Waals surface area contributed by atoms with Crippen molar-refractivity contribution in [2.24, 2.45) is 11.7 Å². The number of piperidine rings is 1. The highest BCUT2D eigenvalue weighted by atomic mass is 15.1. The zero-order chi connectivity index (χ0) is 24.1. The lowest BCUT2D eigenvalue weighted by Crippen LogP contribution is -2.41. The molecule has 1 unspecified atom stereocenters. The Morgan fingerprint density at radius 1 is 1.12 bits per heavy atom. The summed E-state index contributed by atoms with van der Waals surface area (Å²) in [4.78, 5) is 2.54. The average molecular weight is 459 g/mol. The van der Waals surface area contributed by atoms with Gasteiger partial charge in [0.2, 0.25) is 0 Å². The topological polar surface area (TPSA) is 46.2 Å². The maximum atomic E-state index is 6.04. The highest BCUT2D eigenvalue weighted by molar-refractivity contribution is 5.86. The molecular formula is C30H42N4. The van der Waals surface area contributed by atoms with Crippen LogP contribution in [0.2, 0.25) is 0 Å². The number of nitrogens with one attached hydrogen (secondary N) is 1. The number of hydrogen-bond acceptors (Lipinski definition) is 3. The minimum absolute atomic E-state index is 0.258. The van der Waals surface area contributed by atoms with Crippen molar-refractivity contribution in [3.8, 4) is 0 Å². The SMILES string of the molecule is C=C(NC)c1ccc(Cc2c(CCC)n(CC3CCN(CC(C)N)CC3)c3ccccc23)cc1. The monoisotopic (exact) mass is 458 g/mol. The van der Waals surface area contributed by atoms with Gasteiger partial charge in [0.1, 0.15) is 0 Å². The van der Waals surface area contributed by atoms with E-state index in [1.54, 1.807) is 0 Å². The van der Waals surface area contributed by atoms with Crippen molar-refractivity contribution in [2.75, 3.05) is 26.7 Å². The molecule has 1 aliphatic rings. The second kappa shape index (κ2) is 11.2. The first-order valence-corrected chi connectivity index (χ1v) is 13.0. The highest BCUT2D eigenvalue weighted by Gasteiger charge is 2.23. The molecule has 4 nitrogen and oxygen atoms in total. The quantitative estimate of drug-likeness (QED) is 0.426. The van der Waals surface area contributed by atoms with Crippen molar-refractivity contribution < 1.29 is 0 Å². The first-order valence-electron chi connectivity index (χ1n) is 13.0. The first-order chi connectivity index (χ1) is 16.5. The molecule has 2 heterocycles. The summed E-state index contributed by atoms with van der Waals surface area (Å²) in [5.41, 5.74) is 14.0. The maximum Gasteiger partial charge on any atom is 0.0485 e. The molecule has 0 aliphatic carbocycles. The van der Waals surface area contributed by atoms with E-state index in [2.05, 4.69) is 83.7 Å². The summed E-state index contributed by atoms with van der Waals surface area (Å²) in [6, 6.07) is 18.2. The van der Waals surface area contributed by atoms with E-state index in [0.717, 1.165) is 49.5 Å². The standard InChI is InChI=1S/C30H42N4/c1-5-8-29-28(19-24-11-13-26(14-12-24)23(3)32-4)27-9-6-7-10-30(27)34(29)21-25-15-17-33(18-16-25)20-22(2)31/h6-7,9-14,22,25,32H,3,5,8,15-21,31H2,1-2,4H3. The number of benzene rings is 2. The summed E-state index contributed by atoms with van der Waals surface area (Å²) in [7, 11) is 1.92. The number of hydrogen-bond donors (Lipinski definition) is 2. The van der Waals surface area contributed by atoms with Gasteiger partial charge in [-0.25, -0.2) is 0 Å². The largest absolute Gasteiger partial charge is 0.388 e. The second-order valence-corrected chi connectivity index (χ2v) is 10.1. The van der Waals surface area contributed by atoms with E-state index >= 15 is 0 Å². The second-order valence-electron chi connectivity index (χ2n) is 10.1. The van der Waals surface area contributed by atoms with Crippen molar-refractivity contribution in [1.29, 1.82) is 0 Å². The van der Waals surface area contributed by atoms with E-state index in [1.807, 2.05) is 7.05 Å². The van der Waals surface area contributed by atoms with Gasteiger partial charge >= 0.3 is 0 Å². The molecule has 3 N–H and O–H groups in total. The molecule has 1 saturated heterocycles. The lowest BCUT2D eigenvalue weighted by atomic mass is 9.96.